The third-order valence-electron chi connectivity index (χ3n) is 3.75. The molecule has 0 saturated carbocycles. The van der Waals surface area contributed by atoms with E-state index in [0.717, 1.165) is 31.5 Å². The first-order valence-corrected chi connectivity index (χ1v) is 6.98. The number of nitrogens with two attached hydrogens (primary N) is 1. The van der Waals surface area contributed by atoms with Crippen LogP contribution in [-0.4, -0.2) is 24.9 Å². The van der Waals surface area contributed by atoms with E-state index in [2.05, 4.69) is 10.6 Å². The van der Waals surface area contributed by atoms with Crippen LogP contribution in [0.3, 0.4) is 0 Å². The fourth-order valence-corrected chi connectivity index (χ4v) is 2.60. The molecule has 1 unspecified atom stereocenters. The molecule has 0 aliphatic carbocycles. The van der Waals surface area contributed by atoms with Crippen LogP contribution in [0.1, 0.15) is 35.2 Å². The number of primary amides is 1. The van der Waals surface area contributed by atoms with Crippen LogP contribution in [0.5, 0.6) is 0 Å². The SMILES string of the molecule is Cc1c(NC(=O)CC2CCCNC2)cccc1C(N)=O. The van der Waals surface area contributed by atoms with Crippen molar-refractivity contribution in [2.24, 2.45) is 11.7 Å². The van der Waals surface area contributed by atoms with E-state index >= 15 is 0 Å². The van der Waals surface area contributed by atoms with E-state index in [9.17, 15) is 9.59 Å². The number of piperidine rings is 1. The molecule has 20 heavy (non-hydrogen) atoms. The molecule has 2 amide bonds. The Morgan fingerprint density at radius 2 is 2.25 bits per heavy atom. The quantitative estimate of drug-likeness (QED) is 0.777. The van der Waals surface area contributed by atoms with Gasteiger partial charge >= 0.3 is 0 Å². The van der Waals surface area contributed by atoms with Crippen LogP contribution < -0.4 is 16.4 Å². The highest BCUT2D eigenvalue weighted by atomic mass is 16.2. The van der Waals surface area contributed by atoms with Crippen molar-refractivity contribution < 1.29 is 9.59 Å². The first kappa shape index (κ1) is 14.5. The summed E-state index contributed by atoms with van der Waals surface area (Å²) in [5.74, 6) is -0.0955. The predicted octanol–water partition coefficient (Wildman–Crippen LogP) is 1.42. The van der Waals surface area contributed by atoms with Crippen molar-refractivity contribution in [1.82, 2.24) is 5.32 Å². The van der Waals surface area contributed by atoms with Crippen LogP contribution in [0.25, 0.3) is 0 Å². The minimum Gasteiger partial charge on any atom is -0.366 e. The minimum atomic E-state index is -0.477. The molecule has 1 aromatic rings. The summed E-state index contributed by atoms with van der Waals surface area (Å²) < 4.78 is 0. The Morgan fingerprint density at radius 3 is 2.90 bits per heavy atom. The number of carbonyl (C=O) groups excluding carboxylic acids is 2. The normalized spacial score (nSPS) is 18.6. The summed E-state index contributed by atoms with van der Waals surface area (Å²) in [5, 5.41) is 6.18. The van der Waals surface area contributed by atoms with Gasteiger partial charge in [0.2, 0.25) is 11.8 Å². The molecule has 1 aliphatic rings. The fraction of sp³-hybridized carbons (Fsp3) is 0.467. The Labute approximate surface area is 118 Å². The molecular weight excluding hydrogens is 254 g/mol. The van der Waals surface area contributed by atoms with Gasteiger partial charge < -0.3 is 16.4 Å². The van der Waals surface area contributed by atoms with Gasteiger partial charge in [0.1, 0.15) is 0 Å². The Morgan fingerprint density at radius 1 is 1.45 bits per heavy atom. The average Bonchev–Trinajstić information content (AvgIpc) is 2.42. The van der Waals surface area contributed by atoms with Gasteiger partial charge in [0.05, 0.1) is 0 Å². The molecule has 1 saturated heterocycles. The Hall–Kier alpha value is -1.88. The second kappa shape index (κ2) is 6.52. The highest BCUT2D eigenvalue weighted by molar-refractivity contribution is 5.98. The lowest BCUT2D eigenvalue weighted by molar-refractivity contribution is -0.117. The van der Waals surface area contributed by atoms with E-state index < -0.39 is 5.91 Å². The lowest BCUT2D eigenvalue weighted by Gasteiger charge is -2.22. The van der Waals surface area contributed by atoms with E-state index in [0.29, 0.717) is 23.6 Å². The van der Waals surface area contributed by atoms with Gasteiger partial charge in [0.25, 0.3) is 0 Å². The topological polar surface area (TPSA) is 84.2 Å². The van der Waals surface area contributed by atoms with Crippen LogP contribution in [0.15, 0.2) is 18.2 Å². The number of nitrogens with one attached hydrogen (secondary N) is 2. The lowest BCUT2D eigenvalue weighted by Crippen LogP contribution is -2.32. The van der Waals surface area contributed by atoms with Crippen molar-refractivity contribution >= 4 is 17.5 Å². The van der Waals surface area contributed by atoms with Crippen LogP contribution >= 0.6 is 0 Å². The molecule has 108 valence electrons. The Kier molecular flexibility index (Phi) is 4.74. The lowest BCUT2D eigenvalue weighted by atomic mass is 9.96. The summed E-state index contributed by atoms with van der Waals surface area (Å²) in [6, 6.07) is 5.18. The molecule has 0 spiro atoms. The molecule has 0 bridgehead atoms. The third-order valence-corrected chi connectivity index (χ3v) is 3.75. The van der Waals surface area contributed by atoms with E-state index in [1.54, 1.807) is 25.1 Å². The molecule has 0 aromatic heterocycles. The van der Waals surface area contributed by atoms with Gasteiger partial charge in [-0.05, 0) is 56.5 Å². The molecule has 1 heterocycles. The second-order valence-electron chi connectivity index (χ2n) is 5.31. The number of hydrogen-bond acceptors (Lipinski definition) is 3. The zero-order chi connectivity index (χ0) is 14.5. The Bertz CT molecular complexity index is 508. The molecular formula is C15H21N3O2. The van der Waals surface area contributed by atoms with Gasteiger partial charge in [-0.25, -0.2) is 0 Å². The molecule has 5 heteroatoms. The van der Waals surface area contributed by atoms with Gasteiger partial charge in [-0.3, -0.25) is 9.59 Å². The second-order valence-corrected chi connectivity index (χ2v) is 5.31. The zero-order valence-electron chi connectivity index (χ0n) is 11.7. The Balaban J connectivity index is 2.00. The van der Waals surface area contributed by atoms with Gasteiger partial charge in [0, 0.05) is 17.7 Å². The van der Waals surface area contributed by atoms with E-state index in [4.69, 9.17) is 5.73 Å². The molecule has 1 aromatic carbocycles. The fourth-order valence-electron chi connectivity index (χ4n) is 2.60. The maximum Gasteiger partial charge on any atom is 0.249 e. The highest BCUT2D eigenvalue weighted by Gasteiger charge is 2.17. The van der Waals surface area contributed by atoms with Crippen molar-refractivity contribution in [3.8, 4) is 0 Å². The molecule has 0 radical (unpaired) electrons. The highest BCUT2D eigenvalue weighted by Crippen LogP contribution is 2.20. The number of benzene rings is 1. The molecule has 5 nitrogen and oxygen atoms in total. The minimum absolute atomic E-state index is 0.0107. The molecule has 4 N–H and O–H groups in total. The summed E-state index contributed by atoms with van der Waals surface area (Å²) in [7, 11) is 0. The molecule has 2 rings (SSSR count). The third kappa shape index (κ3) is 3.57. The summed E-state index contributed by atoms with van der Waals surface area (Å²) >= 11 is 0. The van der Waals surface area contributed by atoms with Crippen molar-refractivity contribution in [2.75, 3.05) is 18.4 Å². The number of anilines is 1. The average molecular weight is 275 g/mol. The summed E-state index contributed by atoms with van der Waals surface area (Å²) in [6.45, 7) is 3.73. The van der Waals surface area contributed by atoms with Gasteiger partial charge in [0.15, 0.2) is 0 Å². The summed E-state index contributed by atoms with van der Waals surface area (Å²) in [5.41, 5.74) is 7.13. The van der Waals surface area contributed by atoms with Gasteiger partial charge in [-0.15, -0.1) is 0 Å². The maximum atomic E-state index is 12.1. The smallest absolute Gasteiger partial charge is 0.249 e. The molecule has 1 aliphatic heterocycles. The summed E-state index contributed by atoms with van der Waals surface area (Å²) in [4.78, 5) is 23.3. The predicted molar refractivity (Wildman–Crippen MR) is 78.5 cm³/mol. The first-order valence-electron chi connectivity index (χ1n) is 6.98. The van der Waals surface area contributed by atoms with Gasteiger partial charge in [-0.1, -0.05) is 6.07 Å². The number of rotatable bonds is 4. The van der Waals surface area contributed by atoms with Crippen molar-refractivity contribution in [2.45, 2.75) is 26.2 Å². The summed E-state index contributed by atoms with van der Waals surface area (Å²) in [6.07, 6.45) is 2.71. The first-order chi connectivity index (χ1) is 9.58. The zero-order valence-corrected chi connectivity index (χ0v) is 11.7. The van der Waals surface area contributed by atoms with E-state index in [1.165, 1.54) is 0 Å². The van der Waals surface area contributed by atoms with Crippen molar-refractivity contribution in [3.63, 3.8) is 0 Å². The van der Waals surface area contributed by atoms with E-state index in [-0.39, 0.29) is 5.91 Å². The largest absolute Gasteiger partial charge is 0.366 e. The number of hydrogen-bond donors (Lipinski definition) is 3. The van der Waals surface area contributed by atoms with Gasteiger partial charge in [-0.2, -0.15) is 0 Å². The van der Waals surface area contributed by atoms with Crippen molar-refractivity contribution in [3.05, 3.63) is 29.3 Å². The standard InChI is InChI=1S/C15H21N3O2/c1-10-12(15(16)20)5-2-6-13(10)18-14(19)8-11-4-3-7-17-9-11/h2,5-6,11,17H,3-4,7-9H2,1H3,(H2,16,20)(H,18,19). The van der Waals surface area contributed by atoms with E-state index in [1.807, 2.05) is 0 Å². The monoisotopic (exact) mass is 275 g/mol. The molecule has 1 fully saturated rings. The van der Waals surface area contributed by atoms with Crippen LogP contribution in [0, 0.1) is 12.8 Å². The number of carbonyl (C=O) groups is 2. The van der Waals surface area contributed by atoms with Crippen molar-refractivity contribution in [1.29, 1.82) is 0 Å². The van der Waals surface area contributed by atoms with Crippen LogP contribution in [-0.2, 0) is 4.79 Å². The number of amides is 2. The molecule has 1 atom stereocenters. The van der Waals surface area contributed by atoms with Crippen LogP contribution in [0.4, 0.5) is 5.69 Å². The van der Waals surface area contributed by atoms with Crippen LogP contribution in [0.2, 0.25) is 0 Å². The maximum absolute atomic E-state index is 12.1.